The normalized spacial score (nSPS) is 25.0. The van der Waals surface area contributed by atoms with Crippen LogP contribution in [0.2, 0.25) is 0 Å². The van der Waals surface area contributed by atoms with Crippen molar-refractivity contribution in [1.29, 1.82) is 0 Å². The van der Waals surface area contributed by atoms with Crippen molar-refractivity contribution >= 4 is 5.97 Å². The van der Waals surface area contributed by atoms with Crippen LogP contribution in [-0.4, -0.2) is 56.1 Å². The highest BCUT2D eigenvalue weighted by atomic mass is 16.5. The molecule has 0 radical (unpaired) electrons. The van der Waals surface area contributed by atoms with E-state index in [1.807, 2.05) is 12.1 Å². The number of carbonyl (C=O) groups is 1. The van der Waals surface area contributed by atoms with Crippen molar-refractivity contribution < 1.29 is 9.53 Å². The average molecular weight is 364 g/mol. The van der Waals surface area contributed by atoms with Gasteiger partial charge in [-0.1, -0.05) is 36.4 Å². The minimum absolute atomic E-state index is 0.277. The summed E-state index contributed by atoms with van der Waals surface area (Å²) >= 11 is 0. The number of nitrogens with zero attached hydrogens (tertiary/aromatic N) is 2. The lowest BCUT2D eigenvalue weighted by molar-refractivity contribution is 0.0600. The molecule has 1 aliphatic heterocycles. The van der Waals surface area contributed by atoms with E-state index in [-0.39, 0.29) is 5.97 Å². The zero-order valence-electron chi connectivity index (χ0n) is 16.4. The van der Waals surface area contributed by atoms with E-state index < -0.39 is 0 Å². The Hall–Kier alpha value is -2.17. The molecule has 4 heteroatoms. The van der Waals surface area contributed by atoms with Gasteiger partial charge < -0.3 is 9.64 Å². The van der Waals surface area contributed by atoms with Crippen LogP contribution in [0.4, 0.5) is 0 Å². The largest absolute Gasteiger partial charge is 0.465 e. The predicted molar refractivity (Wildman–Crippen MR) is 107 cm³/mol. The molecular weight excluding hydrogens is 336 g/mol. The zero-order valence-corrected chi connectivity index (χ0v) is 16.4. The number of methoxy groups -OCH3 is 1. The fourth-order valence-corrected chi connectivity index (χ4v) is 4.82. The first kappa shape index (κ1) is 18.2. The minimum atomic E-state index is -0.277. The fraction of sp³-hybridized carbons (Fsp3) is 0.435. The summed E-state index contributed by atoms with van der Waals surface area (Å²) in [5.74, 6) is 0.167. The Morgan fingerprint density at radius 3 is 2.52 bits per heavy atom. The van der Waals surface area contributed by atoms with Crippen molar-refractivity contribution in [2.75, 3.05) is 34.3 Å². The topological polar surface area (TPSA) is 32.8 Å². The van der Waals surface area contributed by atoms with Gasteiger partial charge in [0.05, 0.1) is 12.7 Å². The first-order chi connectivity index (χ1) is 13.1. The molecular formula is C23H28N2O2. The molecule has 27 heavy (non-hydrogen) atoms. The zero-order chi connectivity index (χ0) is 19.0. The standard InChI is InChI=1S/C23H28N2O2/c1-24(2)22-15-25(21-13-12-16-6-4-5-7-19(16)21)14-20(22)17-8-10-18(11-9-17)23(26)27-3/h4-11,20-22H,12-15H2,1-3H3/t20-,21+,22+/m0/s1. The summed E-state index contributed by atoms with van der Waals surface area (Å²) in [5, 5.41) is 0. The lowest BCUT2D eigenvalue weighted by Gasteiger charge is -2.26. The molecule has 0 bridgehead atoms. The number of hydrogen-bond donors (Lipinski definition) is 0. The highest BCUT2D eigenvalue weighted by Gasteiger charge is 2.40. The Morgan fingerprint density at radius 2 is 1.81 bits per heavy atom. The molecule has 1 fully saturated rings. The molecule has 2 aromatic rings. The van der Waals surface area contributed by atoms with Crippen LogP contribution in [-0.2, 0) is 11.2 Å². The second-order valence-corrected chi connectivity index (χ2v) is 7.96. The number of esters is 1. The Labute approximate surface area is 161 Å². The van der Waals surface area contributed by atoms with Crippen molar-refractivity contribution in [3.63, 3.8) is 0 Å². The van der Waals surface area contributed by atoms with E-state index in [1.165, 1.54) is 36.6 Å². The van der Waals surface area contributed by atoms with E-state index in [0.717, 1.165) is 13.1 Å². The van der Waals surface area contributed by atoms with Crippen LogP contribution in [0.15, 0.2) is 48.5 Å². The number of hydrogen-bond acceptors (Lipinski definition) is 4. The van der Waals surface area contributed by atoms with Crippen LogP contribution in [0.1, 0.15) is 45.4 Å². The van der Waals surface area contributed by atoms with Gasteiger partial charge in [0.2, 0.25) is 0 Å². The molecule has 0 amide bonds. The first-order valence-electron chi connectivity index (χ1n) is 9.75. The summed E-state index contributed by atoms with van der Waals surface area (Å²) in [6, 6.07) is 17.9. The smallest absolute Gasteiger partial charge is 0.337 e. The lowest BCUT2D eigenvalue weighted by atomic mass is 9.93. The quantitative estimate of drug-likeness (QED) is 0.778. The third-order valence-corrected chi connectivity index (χ3v) is 6.28. The third-order valence-electron chi connectivity index (χ3n) is 6.28. The summed E-state index contributed by atoms with van der Waals surface area (Å²) in [5.41, 5.74) is 4.93. The summed E-state index contributed by atoms with van der Waals surface area (Å²) in [6.07, 6.45) is 2.40. The van der Waals surface area contributed by atoms with E-state index in [1.54, 1.807) is 0 Å². The number of likely N-dealkylation sites (N-methyl/N-ethyl adjacent to an activating group) is 1. The van der Waals surface area contributed by atoms with Gasteiger partial charge >= 0.3 is 5.97 Å². The second-order valence-electron chi connectivity index (χ2n) is 7.96. The molecule has 0 spiro atoms. The monoisotopic (exact) mass is 364 g/mol. The van der Waals surface area contributed by atoms with Gasteiger partial charge in [-0.3, -0.25) is 4.90 Å². The summed E-state index contributed by atoms with van der Waals surface area (Å²) in [4.78, 5) is 16.7. The van der Waals surface area contributed by atoms with E-state index in [4.69, 9.17) is 4.74 Å². The van der Waals surface area contributed by atoms with Gasteiger partial charge in [0.1, 0.15) is 0 Å². The van der Waals surface area contributed by atoms with Gasteiger partial charge in [0.25, 0.3) is 0 Å². The molecule has 0 unspecified atom stereocenters. The van der Waals surface area contributed by atoms with Gasteiger partial charge in [0, 0.05) is 31.1 Å². The van der Waals surface area contributed by atoms with Crippen LogP contribution in [0.3, 0.4) is 0 Å². The van der Waals surface area contributed by atoms with Crippen molar-refractivity contribution in [2.24, 2.45) is 0 Å². The molecule has 0 aromatic heterocycles. The van der Waals surface area contributed by atoms with Crippen LogP contribution < -0.4 is 0 Å². The molecule has 1 aliphatic carbocycles. The van der Waals surface area contributed by atoms with Crippen LogP contribution >= 0.6 is 0 Å². The maximum atomic E-state index is 11.7. The Kier molecular flexibility index (Phi) is 5.02. The number of carbonyl (C=O) groups excluding carboxylic acids is 1. The Bertz CT molecular complexity index is 815. The third kappa shape index (κ3) is 3.40. The molecule has 142 valence electrons. The van der Waals surface area contributed by atoms with Crippen LogP contribution in [0, 0.1) is 0 Å². The highest BCUT2D eigenvalue weighted by molar-refractivity contribution is 5.89. The molecule has 2 aliphatic rings. The van der Waals surface area contributed by atoms with Crippen molar-refractivity contribution in [3.8, 4) is 0 Å². The van der Waals surface area contributed by atoms with Gasteiger partial charge in [0.15, 0.2) is 0 Å². The Balaban J connectivity index is 1.57. The molecule has 3 atom stereocenters. The minimum Gasteiger partial charge on any atom is -0.465 e. The van der Waals surface area contributed by atoms with Gasteiger partial charge in [-0.25, -0.2) is 4.79 Å². The molecule has 1 heterocycles. The van der Waals surface area contributed by atoms with E-state index in [0.29, 0.717) is 23.6 Å². The number of fused-ring (bicyclic) bond motifs is 1. The number of aryl methyl sites for hydroxylation is 1. The molecule has 2 aromatic carbocycles. The number of likely N-dealkylation sites (tertiary alicyclic amines) is 1. The van der Waals surface area contributed by atoms with Crippen LogP contribution in [0.5, 0.6) is 0 Å². The van der Waals surface area contributed by atoms with E-state index >= 15 is 0 Å². The van der Waals surface area contributed by atoms with E-state index in [2.05, 4.69) is 60.3 Å². The average Bonchev–Trinajstić information content (AvgIpc) is 3.32. The first-order valence-corrected chi connectivity index (χ1v) is 9.75. The molecule has 4 nitrogen and oxygen atoms in total. The van der Waals surface area contributed by atoms with Crippen molar-refractivity contribution in [3.05, 3.63) is 70.8 Å². The maximum Gasteiger partial charge on any atom is 0.337 e. The second kappa shape index (κ2) is 7.45. The number of ether oxygens (including phenoxy) is 1. The Morgan fingerprint density at radius 1 is 1.07 bits per heavy atom. The van der Waals surface area contributed by atoms with Gasteiger partial charge in [-0.15, -0.1) is 0 Å². The summed E-state index contributed by atoms with van der Waals surface area (Å²) in [7, 11) is 5.77. The van der Waals surface area contributed by atoms with E-state index in [9.17, 15) is 4.79 Å². The summed E-state index contributed by atoms with van der Waals surface area (Å²) in [6.45, 7) is 2.13. The SMILES string of the molecule is COC(=O)c1ccc([C@@H]2CN([C@@H]3CCc4ccccc43)C[C@H]2N(C)C)cc1. The number of benzene rings is 2. The molecule has 0 N–H and O–H groups in total. The highest BCUT2D eigenvalue weighted by Crippen LogP contribution is 2.41. The fourth-order valence-electron chi connectivity index (χ4n) is 4.82. The van der Waals surface area contributed by atoms with Gasteiger partial charge in [-0.05, 0) is 55.8 Å². The van der Waals surface area contributed by atoms with Crippen molar-refractivity contribution in [1.82, 2.24) is 9.80 Å². The number of rotatable bonds is 4. The summed E-state index contributed by atoms with van der Waals surface area (Å²) < 4.78 is 4.82. The molecule has 4 rings (SSSR count). The van der Waals surface area contributed by atoms with Crippen LogP contribution in [0.25, 0.3) is 0 Å². The lowest BCUT2D eigenvalue weighted by Crippen LogP contribution is -2.35. The van der Waals surface area contributed by atoms with Gasteiger partial charge in [-0.2, -0.15) is 0 Å². The van der Waals surface area contributed by atoms with Crippen molar-refractivity contribution in [2.45, 2.75) is 30.8 Å². The molecule has 0 saturated carbocycles. The predicted octanol–water partition coefficient (Wildman–Crippen LogP) is 3.49. The maximum absolute atomic E-state index is 11.7. The molecule has 1 saturated heterocycles.